The predicted octanol–water partition coefficient (Wildman–Crippen LogP) is 2.56. The van der Waals surface area contributed by atoms with Crippen LogP contribution in [0.5, 0.6) is 0 Å². The molecule has 2 saturated heterocycles. The van der Waals surface area contributed by atoms with Crippen LogP contribution in [-0.2, 0) is 6.42 Å². The van der Waals surface area contributed by atoms with Crippen LogP contribution in [-0.4, -0.2) is 59.6 Å². The number of amides is 1. The minimum absolute atomic E-state index is 0.159. The van der Waals surface area contributed by atoms with Crippen molar-refractivity contribution in [1.82, 2.24) is 9.80 Å². The number of carbonyl (C=O) groups is 1. The highest BCUT2D eigenvalue weighted by molar-refractivity contribution is 5.94. The fourth-order valence-electron chi connectivity index (χ4n) is 4.09. The van der Waals surface area contributed by atoms with E-state index in [1.165, 1.54) is 6.42 Å². The van der Waals surface area contributed by atoms with Gasteiger partial charge in [-0.15, -0.1) is 0 Å². The van der Waals surface area contributed by atoms with E-state index in [0.717, 1.165) is 50.1 Å². The molecular weight excluding hydrogens is 300 g/mol. The first-order valence-electron chi connectivity index (χ1n) is 9.06. The molecule has 1 atom stereocenters. The van der Waals surface area contributed by atoms with E-state index in [2.05, 4.69) is 11.9 Å². The molecule has 1 spiro atoms. The van der Waals surface area contributed by atoms with Crippen molar-refractivity contribution in [1.29, 1.82) is 0 Å². The summed E-state index contributed by atoms with van der Waals surface area (Å²) >= 11 is 0. The number of hydrogen-bond donors (Lipinski definition) is 1. The lowest BCUT2D eigenvalue weighted by Gasteiger charge is -2.24. The SMILES string of the molecule is CN1CC[C@]2(CCN(C(=O)c3cccc(CCC(C)(C)O)c3)C2)C1. The Morgan fingerprint density at radius 1 is 1.25 bits per heavy atom. The van der Waals surface area contributed by atoms with Crippen molar-refractivity contribution in [2.24, 2.45) is 5.41 Å². The summed E-state index contributed by atoms with van der Waals surface area (Å²) in [4.78, 5) is 17.3. The summed E-state index contributed by atoms with van der Waals surface area (Å²) in [5.74, 6) is 0.159. The first-order chi connectivity index (χ1) is 11.3. The summed E-state index contributed by atoms with van der Waals surface area (Å²) in [6.07, 6.45) is 3.82. The molecule has 2 fully saturated rings. The molecule has 1 amide bonds. The van der Waals surface area contributed by atoms with Gasteiger partial charge < -0.3 is 14.9 Å². The molecule has 1 N–H and O–H groups in total. The van der Waals surface area contributed by atoms with Crippen LogP contribution in [0, 0.1) is 5.41 Å². The van der Waals surface area contributed by atoms with Crippen LogP contribution in [0.1, 0.15) is 49.0 Å². The number of likely N-dealkylation sites (tertiary alicyclic amines) is 2. The van der Waals surface area contributed by atoms with Gasteiger partial charge in [-0.3, -0.25) is 4.79 Å². The number of nitrogens with zero attached hydrogens (tertiary/aromatic N) is 2. The van der Waals surface area contributed by atoms with Crippen LogP contribution < -0.4 is 0 Å². The molecule has 0 aromatic heterocycles. The Bertz CT molecular complexity index is 608. The summed E-state index contributed by atoms with van der Waals surface area (Å²) in [6, 6.07) is 7.92. The monoisotopic (exact) mass is 330 g/mol. The van der Waals surface area contributed by atoms with Crippen molar-refractivity contribution in [3.8, 4) is 0 Å². The molecule has 2 aliphatic rings. The van der Waals surface area contributed by atoms with Crippen molar-refractivity contribution < 1.29 is 9.90 Å². The lowest BCUT2D eigenvalue weighted by atomic mass is 9.86. The average Bonchev–Trinajstić information content (AvgIpc) is 3.11. The van der Waals surface area contributed by atoms with Crippen LogP contribution >= 0.6 is 0 Å². The Morgan fingerprint density at radius 3 is 2.67 bits per heavy atom. The second-order valence-corrected chi connectivity index (χ2v) is 8.48. The maximum Gasteiger partial charge on any atom is 0.253 e. The van der Waals surface area contributed by atoms with Crippen molar-refractivity contribution in [3.63, 3.8) is 0 Å². The lowest BCUT2D eigenvalue weighted by Crippen LogP contribution is -2.33. The highest BCUT2D eigenvalue weighted by Gasteiger charge is 2.43. The van der Waals surface area contributed by atoms with E-state index in [0.29, 0.717) is 11.8 Å². The van der Waals surface area contributed by atoms with Crippen molar-refractivity contribution >= 4 is 5.91 Å². The maximum atomic E-state index is 12.9. The molecule has 3 rings (SSSR count). The molecule has 0 radical (unpaired) electrons. The summed E-state index contributed by atoms with van der Waals surface area (Å²) in [5.41, 5.74) is 1.56. The van der Waals surface area contributed by atoms with Crippen LogP contribution in [0.25, 0.3) is 0 Å². The van der Waals surface area contributed by atoms with E-state index in [1.54, 1.807) is 0 Å². The number of aryl methyl sites for hydroxylation is 1. The quantitative estimate of drug-likeness (QED) is 0.923. The fourth-order valence-corrected chi connectivity index (χ4v) is 4.09. The second kappa shape index (κ2) is 6.49. The number of aliphatic hydroxyl groups is 1. The minimum atomic E-state index is -0.671. The predicted molar refractivity (Wildman–Crippen MR) is 96.1 cm³/mol. The highest BCUT2D eigenvalue weighted by Crippen LogP contribution is 2.39. The summed E-state index contributed by atoms with van der Waals surface area (Å²) < 4.78 is 0. The Kier molecular flexibility index (Phi) is 4.71. The van der Waals surface area contributed by atoms with Crippen LogP contribution in [0.15, 0.2) is 24.3 Å². The normalized spacial score (nSPS) is 24.9. The maximum absolute atomic E-state index is 12.9. The van der Waals surface area contributed by atoms with Gasteiger partial charge in [-0.25, -0.2) is 0 Å². The Morgan fingerprint density at radius 2 is 2.00 bits per heavy atom. The largest absolute Gasteiger partial charge is 0.390 e. The molecular formula is C20H30N2O2. The molecule has 4 nitrogen and oxygen atoms in total. The van der Waals surface area contributed by atoms with Gasteiger partial charge in [0.15, 0.2) is 0 Å². The van der Waals surface area contributed by atoms with Crippen molar-refractivity contribution in [2.45, 2.75) is 45.1 Å². The van der Waals surface area contributed by atoms with Crippen LogP contribution in [0.3, 0.4) is 0 Å². The fraction of sp³-hybridized carbons (Fsp3) is 0.650. The molecule has 1 aromatic rings. The number of hydrogen-bond acceptors (Lipinski definition) is 3. The van der Waals surface area contributed by atoms with Gasteiger partial charge >= 0.3 is 0 Å². The van der Waals surface area contributed by atoms with Gasteiger partial charge in [0.05, 0.1) is 5.60 Å². The highest BCUT2D eigenvalue weighted by atomic mass is 16.3. The molecule has 2 aliphatic heterocycles. The molecule has 0 bridgehead atoms. The molecule has 4 heteroatoms. The molecule has 2 heterocycles. The van der Waals surface area contributed by atoms with Crippen molar-refractivity contribution in [3.05, 3.63) is 35.4 Å². The van der Waals surface area contributed by atoms with Gasteiger partial charge in [0.1, 0.15) is 0 Å². The topological polar surface area (TPSA) is 43.8 Å². The van der Waals surface area contributed by atoms with E-state index in [1.807, 2.05) is 43.0 Å². The zero-order chi connectivity index (χ0) is 17.4. The minimum Gasteiger partial charge on any atom is -0.390 e. The van der Waals surface area contributed by atoms with E-state index in [4.69, 9.17) is 0 Å². The number of carbonyl (C=O) groups excluding carboxylic acids is 1. The molecule has 132 valence electrons. The van der Waals surface area contributed by atoms with Gasteiger partial charge in [0, 0.05) is 30.6 Å². The Balaban J connectivity index is 1.65. The molecule has 1 aromatic carbocycles. The molecule has 0 saturated carbocycles. The molecule has 24 heavy (non-hydrogen) atoms. The van der Waals surface area contributed by atoms with E-state index in [-0.39, 0.29) is 5.91 Å². The second-order valence-electron chi connectivity index (χ2n) is 8.48. The van der Waals surface area contributed by atoms with Gasteiger partial charge in [0.25, 0.3) is 5.91 Å². The third-order valence-electron chi connectivity index (χ3n) is 5.55. The third kappa shape index (κ3) is 3.98. The molecule has 0 unspecified atom stereocenters. The first-order valence-corrected chi connectivity index (χ1v) is 9.06. The van der Waals surface area contributed by atoms with E-state index >= 15 is 0 Å². The summed E-state index contributed by atoms with van der Waals surface area (Å²) in [6.45, 7) is 7.68. The third-order valence-corrected chi connectivity index (χ3v) is 5.55. The van der Waals surface area contributed by atoms with Crippen LogP contribution in [0.2, 0.25) is 0 Å². The van der Waals surface area contributed by atoms with E-state index < -0.39 is 5.60 Å². The van der Waals surface area contributed by atoms with Crippen LogP contribution in [0.4, 0.5) is 0 Å². The summed E-state index contributed by atoms with van der Waals surface area (Å²) in [7, 11) is 2.17. The van der Waals surface area contributed by atoms with Gasteiger partial charge in [-0.2, -0.15) is 0 Å². The standard InChI is InChI=1S/C20H30N2O2/c1-19(2,24)8-7-16-5-4-6-17(13-16)18(23)22-12-10-20(15-22)9-11-21(3)14-20/h4-6,13,24H,7-12,14-15H2,1-3H3/t20-/m0/s1. The Labute approximate surface area is 145 Å². The zero-order valence-electron chi connectivity index (χ0n) is 15.2. The smallest absolute Gasteiger partial charge is 0.253 e. The number of rotatable bonds is 4. The molecule has 0 aliphatic carbocycles. The van der Waals surface area contributed by atoms with Gasteiger partial charge in [0.2, 0.25) is 0 Å². The van der Waals surface area contributed by atoms with Gasteiger partial charge in [-0.1, -0.05) is 12.1 Å². The zero-order valence-corrected chi connectivity index (χ0v) is 15.2. The Hall–Kier alpha value is -1.39. The summed E-state index contributed by atoms with van der Waals surface area (Å²) in [5, 5.41) is 9.89. The van der Waals surface area contributed by atoms with Crippen molar-refractivity contribution in [2.75, 3.05) is 33.2 Å². The van der Waals surface area contributed by atoms with Gasteiger partial charge in [-0.05, 0) is 70.8 Å². The van der Waals surface area contributed by atoms with E-state index in [9.17, 15) is 9.90 Å². The first kappa shape index (κ1) is 17.4. The average molecular weight is 330 g/mol. The lowest BCUT2D eigenvalue weighted by molar-refractivity contribution is 0.0714. The number of benzene rings is 1.